The Morgan fingerprint density at radius 2 is 1.80 bits per heavy atom. The Morgan fingerprint density at radius 3 is 2.35 bits per heavy atom. The van der Waals surface area contributed by atoms with Gasteiger partial charge in [0.15, 0.2) is 0 Å². The van der Waals surface area contributed by atoms with E-state index >= 15 is 0 Å². The molecule has 0 bridgehead atoms. The molecule has 0 spiro atoms. The van der Waals surface area contributed by atoms with Crippen LogP contribution in [0.25, 0.3) is 0 Å². The maximum atomic E-state index is 11.7. The number of nitrogens with one attached hydrogen (secondary N) is 1. The molecule has 0 aliphatic heterocycles. The first-order valence-corrected chi connectivity index (χ1v) is 6.34. The van der Waals surface area contributed by atoms with Gasteiger partial charge in [0.05, 0.1) is 6.54 Å². The highest BCUT2D eigenvalue weighted by Crippen LogP contribution is 2.06. The summed E-state index contributed by atoms with van der Waals surface area (Å²) in [6.45, 7) is 7.36. The number of carbonyl (C=O) groups is 2. The Labute approximate surface area is 119 Å². The molecule has 0 saturated carbocycles. The minimum Gasteiger partial charge on any atom is -0.444 e. The number of ether oxygens (including phenoxy) is 1. The van der Waals surface area contributed by atoms with Gasteiger partial charge in [-0.1, -0.05) is 35.7 Å². The second-order valence-electron chi connectivity index (χ2n) is 5.35. The summed E-state index contributed by atoms with van der Waals surface area (Å²) in [5.74, 6) is 4.81. The highest BCUT2D eigenvalue weighted by molar-refractivity contribution is 6.09. The number of alkyl carbamates (subject to hydrolysis) is 1. The first-order chi connectivity index (χ1) is 9.28. The molecule has 0 radical (unpaired) electrons. The largest absolute Gasteiger partial charge is 0.444 e. The van der Waals surface area contributed by atoms with Gasteiger partial charge in [-0.2, -0.15) is 0 Å². The Balaban J connectivity index is 2.45. The molecule has 20 heavy (non-hydrogen) atoms. The van der Waals surface area contributed by atoms with Crippen LogP contribution in [0.15, 0.2) is 24.3 Å². The van der Waals surface area contributed by atoms with Crippen LogP contribution in [0.1, 0.15) is 36.7 Å². The van der Waals surface area contributed by atoms with Gasteiger partial charge in [-0.15, -0.1) is 0 Å². The minimum atomic E-state index is -0.547. The summed E-state index contributed by atoms with van der Waals surface area (Å²) in [5.41, 5.74) is 1.08. The third-order valence-corrected chi connectivity index (χ3v) is 2.24. The average molecular weight is 273 g/mol. The molecule has 0 unspecified atom stereocenters. The third-order valence-electron chi connectivity index (χ3n) is 2.24. The van der Waals surface area contributed by atoms with Crippen LogP contribution in [0, 0.1) is 18.8 Å². The van der Waals surface area contributed by atoms with E-state index < -0.39 is 11.7 Å². The molecule has 0 saturated heterocycles. The Kier molecular flexibility index (Phi) is 5.33. The van der Waals surface area contributed by atoms with Crippen LogP contribution in [0.5, 0.6) is 0 Å². The van der Waals surface area contributed by atoms with E-state index in [4.69, 9.17) is 4.74 Å². The quantitative estimate of drug-likeness (QED) is 0.512. The van der Waals surface area contributed by atoms with Gasteiger partial charge in [-0.25, -0.2) is 4.79 Å². The van der Waals surface area contributed by atoms with Gasteiger partial charge in [0.25, 0.3) is 0 Å². The number of Topliss-reactive ketones (excluding diaryl/α,β-unsaturated/α-hetero) is 1. The van der Waals surface area contributed by atoms with Crippen molar-refractivity contribution in [2.75, 3.05) is 6.54 Å². The maximum absolute atomic E-state index is 11.7. The smallest absolute Gasteiger partial charge is 0.408 e. The Morgan fingerprint density at radius 1 is 1.20 bits per heavy atom. The molecule has 106 valence electrons. The van der Waals surface area contributed by atoms with Crippen molar-refractivity contribution in [3.05, 3.63) is 35.4 Å². The highest BCUT2D eigenvalue weighted by Gasteiger charge is 2.15. The highest BCUT2D eigenvalue weighted by atomic mass is 16.6. The molecule has 1 amide bonds. The van der Waals surface area contributed by atoms with Crippen molar-refractivity contribution in [3.63, 3.8) is 0 Å². The van der Waals surface area contributed by atoms with Crippen LogP contribution in [0.4, 0.5) is 4.79 Å². The average Bonchev–Trinajstić information content (AvgIpc) is 2.33. The van der Waals surface area contributed by atoms with Crippen LogP contribution in [-0.4, -0.2) is 24.0 Å². The molecule has 1 N–H and O–H groups in total. The number of rotatable bonds is 2. The van der Waals surface area contributed by atoms with Gasteiger partial charge in [0, 0.05) is 5.56 Å². The maximum Gasteiger partial charge on any atom is 0.408 e. The predicted molar refractivity (Wildman–Crippen MR) is 77.5 cm³/mol. The molecular formula is C16H19NO3. The summed E-state index contributed by atoms with van der Waals surface area (Å²) >= 11 is 0. The van der Waals surface area contributed by atoms with E-state index in [0.717, 1.165) is 5.56 Å². The Bertz CT molecular complexity index is 542. The van der Waals surface area contributed by atoms with Crippen LogP contribution >= 0.6 is 0 Å². The number of aryl methyl sites for hydroxylation is 1. The molecular weight excluding hydrogens is 254 g/mol. The van der Waals surface area contributed by atoms with Gasteiger partial charge in [-0.05, 0) is 33.6 Å². The number of hydrogen-bond donors (Lipinski definition) is 1. The van der Waals surface area contributed by atoms with Crippen LogP contribution < -0.4 is 5.32 Å². The molecule has 1 aromatic carbocycles. The van der Waals surface area contributed by atoms with Gasteiger partial charge in [0.2, 0.25) is 5.78 Å². The molecule has 1 rings (SSSR count). The molecule has 0 aromatic heterocycles. The zero-order valence-corrected chi connectivity index (χ0v) is 12.2. The SMILES string of the molecule is Cc1ccc(C(=O)C#CCNC(=O)OC(C)(C)C)cc1. The first-order valence-electron chi connectivity index (χ1n) is 6.34. The van der Waals surface area contributed by atoms with E-state index in [2.05, 4.69) is 17.2 Å². The molecule has 0 atom stereocenters. The number of benzene rings is 1. The van der Waals surface area contributed by atoms with Gasteiger partial charge in [-0.3, -0.25) is 4.79 Å². The lowest BCUT2D eigenvalue weighted by atomic mass is 10.1. The summed E-state index contributed by atoms with van der Waals surface area (Å²) in [5, 5.41) is 2.47. The van der Waals surface area contributed by atoms with Crippen molar-refractivity contribution in [1.29, 1.82) is 0 Å². The fourth-order valence-electron chi connectivity index (χ4n) is 1.33. The van der Waals surface area contributed by atoms with Crippen molar-refractivity contribution < 1.29 is 14.3 Å². The molecule has 0 aliphatic carbocycles. The number of hydrogen-bond acceptors (Lipinski definition) is 3. The minimum absolute atomic E-state index is 0.0759. The summed E-state index contributed by atoms with van der Waals surface area (Å²) < 4.78 is 5.04. The lowest BCUT2D eigenvalue weighted by molar-refractivity contribution is 0.0535. The lowest BCUT2D eigenvalue weighted by Crippen LogP contribution is -2.32. The fourth-order valence-corrected chi connectivity index (χ4v) is 1.33. The van der Waals surface area contributed by atoms with Crippen LogP contribution in [0.3, 0.4) is 0 Å². The van der Waals surface area contributed by atoms with Gasteiger partial charge in [0.1, 0.15) is 5.60 Å². The van der Waals surface area contributed by atoms with Gasteiger partial charge >= 0.3 is 6.09 Å². The lowest BCUT2D eigenvalue weighted by Gasteiger charge is -2.18. The molecule has 0 heterocycles. The normalized spacial score (nSPS) is 10.2. The first kappa shape index (κ1) is 15.8. The van der Waals surface area contributed by atoms with E-state index in [0.29, 0.717) is 5.56 Å². The topological polar surface area (TPSA) is 55.4 Å². The third kappa shape index (κ3) is 6.05. The summed E-state index contributed by atoms with van der Waals surface area (Å²) in [7, 11) is 0. The summed E-state index contributed by atoms with van der Waals surface area (Å²) in [4.78, 5) is 23.0. The second-order valence-corrected chi connectivity index (χ2v) is 5.35. The Hall–Kier alpha value is -2.28. The molecule has 0 aliphatic rings. The summed E-state index contributed by atoms with van der Waals surface area (Å²) in [6, 6.07) is 7.17. The van der Waals surface area contributed by atoms with E-state index in [1.165, 1.54) is 0 Å². The van der Waals surface area contributed by atoms with Crippen LogP contribution in [-0.2, 0) is 4.74 Å². The predicted octanol–water partition coefficient (Wildman–Crippen LogP) is 2.71. The monoisotopic (exact) mass is 273 g/mol. The van der Waals surface area contributed by atoms with Crippen molar-refractivity contribution >= 4 is 11.9 Å². The molecule has 4 nitrogen and oxygen atoms in total. The zero-order chi connectivity index (χ0) is 15.2. The van der Waals surface area contributed by atoms with Crippen molar-refractivity contribution in [2.24, 2.45) is 0 Å². The standard InChI is InChI=1S/C16H19NO3/c1-12-7-9-13(10-8-12)14(18)6-5-11-17-15(19)20-16(2,3)4/h7-10H,11H2,1-4H3,(H,17,19). The molecule has 0 fully saturated rings. The summed E-state index contributed by atoms with van der Waals surface area (Å²) in [6.07, 6.45) is -0.547. The fraction of sp³-hybridized carbons (Fsp3) is 0.375. The van der Waals surface area contributed by atoms with E-state index in [-0.39, 0.29) is 12.3 Å². The van der Waals surface area contributed by atoms with Crippen molar-refractivity contribution in [2.45, 2.75) is 33.3 Å². The van der Waals surface area contributed by atoms with Crippen LogP contribution in [0.2, 0.25) is 0 Å². The van der Waals surface area contributed by atoms with E-state index in [1.54, 1.807) is 32.9 Å². The molecule has 4 heteroatoms. The van der Waals surface area contributed by atoms with Gasteiger partial charge < -0.3 is 10.1 Å². The van der Waals surface area contributed by atoms with Crippen molar-refractivity contribution in [3.8, 4) is 11.8 Å². The van der Waals surface area contributed by atoms with E-state index in [9.17, 15) is 9.59 Å². The zero-order valence-electron chi connectivity index (χ0n) is 12.2. The number of ketones is 1. The second kappa shape index (κ2) is 6.76. The van der Waals surface area contributed by atoms with Crippen molar-refractivity contribution in [1.82, 2.24) is 5.32 Å². The molecule has 1 aromatic rings. The number of amides is 1. The number of carbonyl (C=O) groups excluding carboxylic acids is 2. The van der Waals surface area contributed by atoms with E-state index in [1.807, 2.05) is 19.1 Å².